The lowest BCUT2D eigenvalue weighted by Crippen LogP contribution is -2.62. The van der Waals surface area contributed by atoms with Gasteiger partial charge in [-0.2, -0.15) is 0 Å². The molecule has 4 nitrogen and oxygen atoms in total. The number of hydrogen-bond acceptors (Lipinski definition) is 4. The average molecular weight is 384 g/mol. The molecule has 1 aromatic carbocycles. The molecular formula is C24H33NO3. The van der Waals surface area contributed by atoms with E-state index < -0.39 is 5.60 Å². The third-order valence-electron chi connectivity index (χ3n) is 7.74. The Labute approximate surface area is 168 Å². The van der Waals surface area contributed by atoms with Crippen LogP contribution in [-0.2, 0) is 14.3 Å². The van der Waals surface area contributed by atoms with Crippen LogP contribution in [0.25, 0.3) is 6.08 Å². The Balaban J connectivity index is 1.63. The van der Waals surface area contributed by atoms with Gasteiger partial charge in [0.2, 0.25) is 0 Å². The van der Waals surface area contributed by atoms with Crippen LogP contribution in [0.15, 0.2) is 36.4 Å². The summed E-state index contributed by atoms with van der Waals surface area (Å²) in [6.07, 6.45) is 6.10. The maximum absolute atomic E-state index is 12.8. The zero-order chi connectivity index (χ0) is 20.1. The molecule has 28 heavy (non-hydrogen) atoms. The number of nitrogens with two attached hydrogens (primary N) is 1. The molecule has 1 aromatic rings. The third-order valence-corrected chi connectivity index (χ3v) is 7.74. The number of esters is 1. The number of fused-ring (bicyclic) bond motifs is 4. The van der Waals surface area contributed by atoms with Gasteiger partial charge in [-0.05, 0) is 55.6 Å². The SMILES string of the molecule is CC1CCC2C1C(OC(=O)/C=C/c1ccccc1)C1(C(C)C)CC(N)C2(C)O1. The van der Waals surface area contributed by atoms with Gasteiger partial charge < -0.3 is 15.2 Å². The normalized spacial score (nSPS) is 42.1. The lowest BCUT2D eigenvalue weighted by molar-refractivity contribution is -0.258. The van der Waals surface area contributed by atoms with Crippen LogP contribution in [-0.4, -0.2) is 29.3 Å². The van der Waals surface area contributed by atoms with Gasteiger partial charge >= 0.3 is 5.97 Å². The van der Waals surface area contributed by atoms with Crippen molar-refractivity contribution in [1.82, 2.24) is 0 Å². The lowest BCUT2D eigenvalue weighted by Gasteiger charge is -2.53. The standard InChI is InChI=1S/C24H33NO3/c1-15(2)24-14-19(25)23(4,28-24)18-12-10-16(3)21(18)22(24)27-20(26)13-11-17-8-6-5-7-9-17/h5-9,11,13,15-16,18-19,21-22H,10,12,14,25H2,1-4H3/b13-11+. The summed E-state index contributed by atoms with van der Waals surface area (Å²) < 4.78 is 12.9. The molecule has 1 saturated carbocycles. The molecule has 2 saturated heterocycles. The van der Waals surface area contributed by atoms with Gasteiger partial charge in [-0.25, -0.2) is 4.79 Å². The summed E-state index contributed by atoms with van der Waals surface area (Å²) in [5, 5.41) is 0. The molecule has 7 atom stereocenters. The smallest absolute Gasteiger partial charge is 0.331 e. The first-order valence-corrected chi connectivity index (χ1v) is 10.7. The topological polar surface area (TPSA) is 61.5 Å². The van der Waals surface area contributed by atoms with E-state index in [4.69, 9.17) is 15.2 Å². The van der Waals surface area contributed by atoms with Crippen LogP contribution in [0, 0.1) is 23.7 Å². The number of carbonyl (C=O) groups is 1. The second kappa shape index (κ2) is 7.00. The molecule has 2 aliphatic heterocycles. The molecule has 4 heteroatoms. The molecule has 2 bridgehead atoms. The van der Waals surface area contributed by atoms with E-state index in [0.717, 1.165) is 24.8 Å². The van der Waals surface area contributed by atoms with Crippen molar-refractivity contribution in [2.45, 2.75) is 70.3 Å². The van der Waals surface area contributed by atoms with Crippen LogP contribution < -0.4 is 5.73 Å². The van der Waals surface area contributed by atoms with Crippen molar-refractivity contribution < 1.29 is 14.3 Å². The number of ether oxygens (including phenoxy) is 2. The van der Waals surface area contributed by atoms with Crippen molar-refractivity contribution in [2.24, 2.45) is 29.4 Å². The van der Waals surface area contributed by atoms with Gasteiger partial charge in [-0.1, -0.05) is 51.1 Å². The van der Waals surface area contributed by atoms with Crippen LogP contribution in [0.5, 0.6) is 0 Å². The predicted octanol–water partition coefficient (Wildman–Crippen LogP) is 4.19. The van der Waals surface area contributed by atoms with Crippen molar-refractivity contribution in [3.8, 4) is 0 Å². The fourth-order valence-corrected chi connectivity index (χ4v) is 6.08. The highest BCUT2D eigenvalue weighted by Crippen LogP contribution is 2.62. The van der Waals surface area contributed by atoms with E-state index in [1.807, 2.05) is 36.4 Å². The van der Waals surface area contributed by atoms with E-state index in [9.17, 15) is 4.79 Å². The lowest BCUT2D eigenvalue weighted by atomic mass is 9.69. The number of benzene rings is 1. The minimum absolute atomic E-state index is 0.0173. The Bertz CT molecular complexity index is 760. The van der Waals surface area contributed by atoms with Gasteiger partial charge in [0.05, 0.1) is 5.60 Å². The molecule has 4 rings (SSSR count). The predicted molar refractivity (Wildman–Crippen MR) is 110 cm³/mol. The summed E-state index contributed by atoms with van der Waals surface area (Å²) in [5.74, 6) is 1.10. The van der Waals surface area contributed by atoms with Gasteiger partial charge in [-0.3, -0.25) is 0 Å². The molecule has 0 aromatic heterocycles. The molecule has 7 unspecified atom stereocenters. The maximum atomic E-state index is 12.8. The summed E-state index contributed by atoms with van der Waals surface area (Å²) in [6.45, 7) is 8.81. The summed E-state index contributed by atoms with van der Waals surface area (Å²) >= 11 is 0. The highest BCUT2D eigenvalue weighted by atomic mass is 16.6. The number of carbonyl (C=O) groups excluding carboxylic acids is 1. The van der Waals surface area contributed by atoms with Crippen molar-refractivity contribution in [3.05, 3.63) is 42.0 Å². The third kappa shape index (κ3) is 2.93. The fraction of sp³-hybridized carbons (Fsp3) is 0.625. The van der Waals surface area contributed by atoms with Gasteiger partial charge in [-0.15, -0.1) is 0 Å². The van der Waals surface area contributed by atoms with E-state index in [2.05, 4.69) is 27.7 Å². The highest BCUT2D eigenvalue weighted by Gasteiger charge is 2.70. The van der Waals surface area contributed by atoms with Crippen molar-refractivity contribution in [3.63, 3.8) is 0 Å². The molecule has 1 aliphatic carbocycles. The Morgan fingerprint density at radius 2 is 2.00 bits per heavy atom. The molecule has 2 N–H and O–H groups in total. The van der Waals surface area contributed by atoms with Crippen molar-refractivity contribution in [2.75, 3.05) is 0 Å². The number of hydrogen-bond donors (Lipinski definition) is 1. The molecular weight excluding hydrogens is 350 g/mol. The van der Waals surface area contributed by atoms with Crippen LogP contribution in [0.3, 0.4) is 0 Å². The van der Waals surface area contributed by atoms with Gasteiger partial charge in [0.1, 0.15) is 11.7 Å². The summed E-state index contributed by atoms with van der Waals surface area (Å²) in [7, 11) is 0. The zero-order valence-electron chi connectivity index (χ0n) is 17.4. The molecule has 152 valence electrons. The molecule has 0 radical (unpaired) electrons. The first kappa shape index (κ1) is 19.7. The quantitative estimate of drug-likeness (QED) is 0.626. The average Bonchev–Trinajstić information content (AvgIpc) is 3.16. The van der Waals surface area contributed by atoms with E-state index in [-0.39, 0.29) is 29.6 Å². The van der Waals surface area contributed by atoms with Crippen LogP contribution in [0.2, 0.25) is 0 Å². The molecule has 0 amide bonds. The molecule has 0 spiro atoms. The van der Waals surface area contributed by atoms with E-state index in [1.54, 1.807) is 6.08 Å². The van der Waals surface area contributed by atoms with Crippen LogP contribution in [0.1, 0.15) is 52.5 Å². The van der Waals surface area contributed by atoms with E-state index in [1.165, 1.54) is 0 Å². The second-order valence-corrected chi connectivity index (χ2v) is 9.55. The number of rotatable bonds is 4. The van der Waals surface area contributed by atoms with Crippen molar-refractivity contribution >= 4 is 12.0 Å². The van der Waals surface area contributed by atoms with Crippen LogP contribution >= 0.6 is 0 Å². The Morgan fingerprint density at radius 3 is 2.68 bits per heavy atom. The summed E-state index contributed by atoms with van der Waals surface area (Å²) in [4.78, 5) is 12.8. The maximum Gasteiger partial charge on any atom is 0.331 e. The van der Waals surface area contributed by atoms with Gasteiger partial charge in [0, 0.05) is 18.0 Å². The zero-order valence-corrected chi connectivity index (χ0v) is 17.4. The van der Waals surface area contributed by atoms with E-state index >= 15 is 0 Å². The Hall–Kier alpha value is -1.65. The monoisotopic (exact) mass is 383 g/mol. The fourth-order valence-electron chi connectivity index (χ4n) is 6.08. The molecule has 2 heterocycles. The second-order valence-electron chi connectivity index (χ2n) is 9.55. The van der Waals surface area contributed by atoms with Crippen LogP contribution in [0.4, 0.5) is 0 Å². The minimum atomic E-state index is -0.496. The van der Waals surface area contributed by atoms with Gasteiger partial charge in [0.25, 0.3) is 0 Å². The first-order chi connectivity index (χ1) is 13.3. The molecule has 3 aliphatic rings. The summed E-state index contributed by atoms with van der Waals surface area (Å²) in [6, 6.07) is 9.80. The minimum Gasteiger partial charge on any atom is -0.456 e. The van der Waals surface area contributed by atoms with Crippen molar-refractivity contribution in [1.29, 1.82) is 0 Å². The largest absolute Gasteiger partial charge is 0.456 e. The van der Waals surface area contributed by atoms with Gasteiger partial charge in [0.15, 0.2) is 0 Å². The van der Waals surface area contributed by atoms with E-state index in [0.29, 0.717) is 17.8 Å². The summed E-state index contributed by atoms with van der Waals surface area (Å²) in [5.41, 5.74) is 6.80. The molecule has 3 fully saturated rings. The highest BCUT2D eigenvalue weighted by molar-refractivity contribution is 5.87. The first-order valence-electron chi connectivity index (χ1n) is 10.7. The Morgan fingerprint density at radius 1 is 1.29 bits per heavy atom. The Kier molecular flexibility index (Phi) is 4.91.